The minimum absolute atomic E-state index is 0.0733. The van der Waals surface area contributed by atoms with E-state index >= 15 is 0 Å². The molecule has 0 unspecified atom stereocenters. The average Bonchev–Trinajstić information content (AvgIpc) is 2.46. The third-order valence-electron chi connectivity index (χ3n) is 2.73. The molecule has 7 nitrogen and oxygen atoms in total. The first-order valence-corrected chi connectivity index (χ1v) is 6.79. The summed E-state index contributed by atoms with van der Waals surface area (Å²) in [6, 6.07) is 4.41. The van der Waals surface area contributed by atoms with Gasteiger partial charge in [-0.3, -0.25) is 15.1 Å². The van der Waals surface area contributed by atoms with Gasteiger partial charge in [-0.2, -0.15) is 0 Å². The molecule has 0 amide bonds. The Kier molecular flexibility index (Phi) is 3.61. The van der Waals surface area contributed by atoms with Gasteiger partial charge >= 0.3 is 5.69 Å². The van der Waals surface area contributed by atoms with Crippen molar-refractivity contribution in [2.75, 3.05) is 13.2 Å². The third-order valence-corrected chi connectivity index (χ3v) is 3.16. The van der Waals surface area contributed by atoms with E-state index in [2.05, 4.69) is 20.9 Å². The maximum absolute atomic E-state index is 11.2. The second kappa shape index (κ2) is 5.57. The zero-order chi connectivity index (χ0) is 14.8. The Labute approximate surface area is 127 Å². The van der Waals surface area contributed by atoms with Gasteiger partial charge in [0.25, 0.3) is 0 Å². The molecule has 1 aromatic carbocycles. The van der Waals surface area contributed by atoms with Crippen molar-refractivity contribution >= 4 is 21.6 Å². The van der Waals surface area contributed by atoms with Crippen LogP contribution >= 0.6 is 15.9 Å². The quantitative estimate of drug-likeness (QED) is 0.622. The molecule has 0 atom stereocenters. The van der Waals surface area contributed by atoms with Gasteiger partial charge in [0, 0.05) is 16.7 Å². The number of pyridine rings is 1. The van der Waals surface area contributed by atoms with Crippen LogP contribution in [0.1, 0.15) is 0 Å². The molecule has 2 aromatic rings. The van der Waals surface area contributed by atoms with Crippen LogP contribution in [0.25, 0.3) is 0 Å². The van der Waals surface area contributed by atoms with E-state index < -0.39 is 4.92 Å². The van der Waals surface area contributed by atoms with E-state index in [9.17, 15) is 10.1 Å². The number of hydrogen-bond acceptors (Lipinski definition) is 6. The predicted molar refractivity (Wildman–Crippen MR) is 76.1 cm³/mol. The summed E-state index contributed by atoms with van der Waals surface area (Å²) in [5.74, 6) is 1.21. The highest BCUT2D eigenvalue weighted by atomic mass is 79.9. The van der Waals surface area contributed by atoms with E-state index in [0.29, 0.717) is 34.9 Å². The standard InChI is InChI=1S/C13H9BrN2O5/c14-8-3-9(7-15-6-8)21-11-5-13-12(19-1-2-20-13)4-10(11)16(17)18/h3-7H,1-2H2. The van der Waals surface area contributed by atoms with Gasteiger partial charge < -0.3 is 14.2 Å². The van der Waals surface area contributed by atoms with Gasteiger partial charge in [0.15, 0.2) is 11.5 Å². The van der Waals surface area contributed by atoms with Gasteiger partial charge in [-0.05, 0) is 22.0 Å². The van der Waals surface area contributed by atoms with Crippen LogP contribution in [0.15, 0.2) is 35.1 Å². The maximum atomic E-state index is 11.2. The zero-order valence-electron chi connectivity index (χ0n) is 10.6. The fourth-order valence-electron chi connectivity index (χ4n) is 1.86. The second-order valence-corrected chi connectivity index (χ2v) is 5.08. The van der Waals surface area contributed by atoms with Crippen molar-refractivity contribution in [3.63, 3.8) is 0 Å². The Morgan fingerprint density at radius 2 is 1.90 bits per heavy atom. The molecular weight excluding hydrogens is 344 g/mol. The minimum atomic E-state index is -0.529. The van der Waals surface area contributed by atoms with E-state index in [1.807, 2.05) is 0 Å². The summed E-state index contributed by atoms with van der Waals surface area (Å²) in [7, 11) is 0. The highest BCUT2D eigenvalue weighted by Crippen LogP contribution is 2.42. The molecule has 2 heterocycles. The molecule has 0 saturated heterocycles. The van der Waals surface area contributed by atoms with Gasteiger partial charge in [-0.15, -0.1) is 0 Å². The number of hydrogen-bond donors (Lipinski definition) is 0. The summed E-state index contributed by atoms with van der Waals surface area (Å²) in [6.45, 7) is 0.753. The largest absolute Gasteiger partial charge is 0.486 e. The van der Waals surface area contributed by atoms with Crippen LogP contribution in [0.3, 0.4) is 0 Å². The third kappa shape index (κ3) is 2.89. The fraction of sp³-hybridized carbons (Fsp3) is 0.154. The molecule has 1 aliphatic rings. The van der Waals surface area contributed by atoms with Gasteiger partial charge in [-0.25, -0.2) is 0 Å². The molecule has 0 spiro atoms. The number of fused-ring (bicyclic) bond motifs is 1. The monoisotopic (exact) mass is 352 g/mol. The van der Waals surface area contributed by atoms with Crippen LogP contribution in [0.4, 0.5) is 5.69 Å². The molecule has 3 rings (SSSR count). The number of aromatic nitrogens is 1. The lowest BCUT2D eigenvalue weighted by Crippen LogP contribution is -2.15. The van der Waals surface area contributed by atoms with Gasteiger partial charge in [0.05, 0.1) is 17.2 Å². The van der Waals surface area contributed by atoms with Crippen molar-refractivity contribution in [2.45, 2.75) is 0 Å². The summed E-state index contributed by atoms with van der Waals surface area (Å²) in [6.07, 6.45) is 3.05. The van der Waals surface area contributed by atoms with Crippen LogP contribution in [0, 0.1) is 10.1 Å². The lowest BCUT2D eigenvalue weighted by Gasteiger charge is -2.19. The van der Waals surface area contributed by atoms with Crippen LogP contribution < -0.4 is 14.2 Å². The summed E-state index contributed by atoms with van der Waals surface area (Å²) in [4.78, 5) is 14.6. The van der Waals surface area contributed by atoms with Crippen molar-refractivity contribution in [1.82, 2.24) is 4.98 Å². The Balaban J connectivity index is 2.01. The molecule has 0 radical (unpaired) electrons. The molecule has 1 aliphatic heterocycles. The van der Waals surface area contributed by atoms with Crippen molar-refractivity contribution in [3.8, 4) is 23.0 Å². The molecule has 0 bridgehead atoms. The summed E-state index contributed by atoms with van der Waals surface area (Å²) in [5.41, 5.74) is -0.195. The first kappa shape index (κ1) is 13.6. The Morgan fingerprint density at radius 1 is 1.19 bits per heavy atom. The molecule has 1 aromatic heterocycles. The molecular formula is C13H9BrN2O5. The summed E-state index contributed by atoms with van der Waals surface area (Å²) >= 11 is 3.26. The number of nitrogens with zero attached hydrogens (tertiary/aromatic N) is 2. The first-order chi connectivity index (χ1) is 10.1. The maximum Gasteiger partial charge on any atom is 0.315 e. The Bertz CT molecular complexity index is 707. The summed E-state index contributed by atoms with van der Waals surface area (Å²) < 4.78 is 17.0. The van der Waals surface area contributed by atoms with Gasteiger partial charge in [0.2, 0.25) is 5.75 Å². The van der Waals surface area contributed by atoms with Crippen LogP contribution in [0.2, 0.25) is 0 Å². The molecule has 21 heavy (non-hydrogen) atoms. The normalized spacial score (nSPS) is 12.8. The Hall–Kier alpha value is -2.35. The molecule has 108 valence electrons. The fourth-order valence-corrected chi connectivity index (χ4v) is 2.20. The van der Waals surface area contributed by atoms with E-state index in [1.165, 1.54) is 18.3 Å². The number of rotatable bonds is 3. The van der Waals surface area contributed by atoms with E-state index in [0.717, 1.165) is 0 Å². The van der Waals surface area contributed by atoms with Gasteiger partial charge in [-0.1, -0.05) is 0 Å². The highest BCUT2D eigenvalue weighted by molar-refractivity contribution is 9.10. The van der Waals surface area contributed by atoms with Crippen LogP contribution in [-0.2, 0) is 0 Å². The first-order valence-electron chi connectivity index (χ1n) is 6.00. The minimum Gasteiger partial charge on any atom is -0.486 e. The highest BCUT2D eigenvalue weighted by Gasteiger charge is 2.24. The number of ether oxygens (including phenoxy) is 3. The lowest BCUT2D eigenvalue weighted by molar-refractivity contribution is -0.385. The summed E-state index contributed by atoms with van der Waals surface area (Å²) in [5, 5.41) is 11.2. The zero-order valence-corrected chi connectivity index (χ0v) is 12.2. The Morgan fingerprint density at radius 3 is 2.57 bits per heavy atom. The van der Waals surface area contributed by atoms with Crippen molar-refractivity contribution < 1.29 is 19.1 Å². The number of nitro groups is 1. The topological polar surface area (TPSA) is 83.7 Å². The van der Waals surface area contributed by atoms with Crippen molar-refractivity contribution in [1.29, 1.82) is 0 Å². The van der Waals surface area contributed by atoms with Crippen molar-refractivity contribution in [3.05, 3.63) is 45.2 Å². The predicted octanol–water partition coefficient (Wildman–Crippen LogP) is 3.32. The van der Waals surface area contributed by atoms with Crippen molar-refractivity contribution in [2.24, 2.45) is 0 Å². The average molecular weight is 353 g/mol. The smallest absolute Gasteiger partial charge is 0.315 e. The van der Waals surface area contributed by atoms with Crippen LogP contribution in [0.5, 0.6) is 23.0 Å². The molecule has 8 heteroatoms. The van der Waals surface area contributed by atoms with Crippen LogP contribution in [-0.4, -0.2) is 23.1 Å². The molecule has 0 N–H and O–H groups in total. The lowest BCUT2D eigenvalue weighted by atomic mass is 10.2. The van der Waals surface area contributed by atoms with E-state index in [-0.39, 0.29) is 11.4 Å². The molecule has 0 saturated carbocycles. The number of benzene rings is 1. The van der Waals surface area contributed by atoms with Gasteiger partial charge in [0.1, 0.15) is 19.0 Å². The number of halogens is 1. The van der Waals surface area contributed by atoms with E-state index in [4.69, 9.17) is 14.2 Å². The molecule has 0 aliphatic carbocycles. The SMILES string of the molecule is O=[N+]([O-])c1cc2c(cc1Oc1cncc(Br)c1)OCCO2. The second-order valence-electron chi connectivity index (χ2n) is 4.16. The number of nitro benzene ring substituents is 1. The van der Waals surface area contributed by atoms with E-state index in [1.54, 1.807) is 12.3 Å². The molecule has 0 fully saturated rings.